The molecule has 1 unspecified atom stereocenters. The molecule has 0 fully saturated rings. The number of carbonyl (C=O) groups excluding carboxylic acids is 3. The van der Waals surface area contributed by atoms with Crippen LogP contribution >= 0.6 is 0 Å². The van der Waals surface area contributed by atoms with Crippen LogP contribution in [-0.2, 0) is 28.6 Å². The van der Waals surface area contributed by atoms with E-state index in [9.17, 15) is 14.4 Å². The molecule has 1 atom stereocenters. The molecule has 0 bridgehead atoms. The third kappa shape index (κ3) is 42.4. The van der Waals surface area contributed by atoms with Crippen molar-refractivity contribution in [2.75, 3.05) is 13.2 Å². The molecular formula is C49H86O6. The van der Waals surface area contributed by atoms with E-state index in [1.54, 1.807) is 0 Å². The lowest BCUT2D eigenvalue weighted by molar-refractivity contribution is -0.167. The Morgan fingerprint density at radius 3 is 1.18 bits per heavy atom. The molecule has 0 N–H and O–H groups in total. The maximum atomic E-state index is 12.7. The number of ether oxygens (including phenoxy) is 3. The van der Waals surface area contributed by atoms with E-state index < -0.39 is 6.10 Å². The van der Waals surface area contributed by atoms with Crippen molar-refractivity contribution < 1.29 is 28.6 Å². The largest absolute Gasteiger partial charge is 0.462 e. The predicted molar refractivity (Wildman–Crippen MR) is 233 cm³/mol. The van der Waals surface area contributed by atoms with Gasteiger partial charge in [-0.3, -0.25) is 14.4 Å². The molecule has 0 spiro atoms. The van der Waals surface area contributed by atoms with Crippen molar-refractivity contribution >= 4 is 17.9 Å². The van der Waals surface area contributed by atoms with Gasteiger partial charge in [0.15, 0.2) is 6.10 Å². The molecule has 0 saturated heterocycles. The van der Waals surface area contributed by atoms with Crippen LogP contribution in [0.15, 0.2) is 48.6 Å². The molecule has 0 aliphatic rings. The van der Waals surface area contributed by atoms with Gasteiger partial charge >= 0.3 is 17.9 Å². The summed E-state index contributed by atoms with van der Waals surface area (Å²) < 4.78 is 16.7. The minimum atomic E-state index is -0.781. The van der Waals surface area contributed by atoms with Gasteiger partial charge in [0, 0.05) is 19.3 Å². The van der Waals surface area contributed by atoms with Gasteiger partial charge in [-0.2, -0.15) is 0 Å². The van der Waals surface area contributed by atoms with Gasteiger partial charge in [-0.05, 0) is 64.2 Å². The van der Waals surface area contributed by atoms with Gasteiger partial charge in [-0.15, -0.1) is 0 Å². The standard InChI is InChI=1S/C49H86O6/c1-4-7-10-13-16-19-22-25-28-30-33-36-39-42-48(51)54-45-46(55-49(52)43-40-37-34-31-27-24-21-18-15-12-9-6-3)44-53-47(50)41-38-35-32-29-26-23-20-17-14-11-8-5-2/h7,10,13,16,18-19,21-22,46H,4-6,8-9,11-12,14-15,17,20,23-45H2,1-3H3/b10-7-,16-13-,21-18-,22-19-. The topological polar surface area (TPSA) is 78.9 Å². The third-order valence-corrected chi connectivity index (χ3v) is 9.88. The Morgan fingerprint density at radius 1 is 0.382 bits per heavy atom. The van der Waals surface area contributed by atoms with Gasteiger partial charge in [0.2, 0.25) is 0 Å². The number of carbonyl (C=O) groups is 3. The molecule has 0 rings (SSSR count). The maximum absolute atomic E-state index is 12.7. The van der Waals surface area contributed by atoms with Crippen LogP contribution in [0.1, 0.15) is 226 Å². The van der Waals surface area contributed by atoms with Crippen LogP contribution in [-0.4, -0.2) is 37.2 Å². The lowest BCUT2D eigenvalue weighted by Crippen LogP contribution is -2.30. The maximum Gasteiger partial charge on any atom is 0.306 e. The molecule has 0 saturated carbocycles. The molecule has 318 valence electrons. The predicted octanol–water partition coefficient (Wildman–Crippen LogP) is 14.8. The first-order valence-corrected chi connectivity index (χ1v) is 23.2. The first kappa shape index (κ1) is 52.4. The highest BCUT2D eigenvalue weighted by Gasteiger charge is 2.19. The average Bonchev–Trinajstić information content (AvgIpc) is 3.18. The van der Waals surface area contributed by atoms with Crippen LogP contribution in [0.5, 0.6) is 0 Å². The molecule has 6 heteroatoms. The highest BCUT2D eigenvalue weighted by molar-refractivity contribution is 5.71. The van der Waals surface area contributed by atoms with Gasteiger partial charge in [0.1, 0.15) is 13.2 Å². The lowest BCUT2D eigenvalue weighted by atomic mass is 10.0. The summed E-state index contributed by atoms with van der Waals surface area (Å²) >= 11 is 0. The zero-order valence-corrected chi connectivity index (χ0v) is 36.2. The monoisotopic (exact) mass is 771 g/mol. The second-order valence-corrected chi connectivity index (χ2v) is 15.3. The average molecular weight is 771 g/mol. The Bertz CT molecular complexity index is 980. The minimum absolute atomic E-state index is 0.0816. The van der Waals surface area contributed by atoms with Crippen LogP contribution in [0.4, 0.5) is 0 Å². The second-order valence-electron chi connectivity index (χ2n) is 15.3. The first-order valence-electron chi connectivity index (χ1n) is 23.2. The van der Waals surface area contributed by atoms with Crippen LogP contribution in [0.2, 0.25) is 0 Å². The van der Waals surface area contributed by atoms with Gasteiger partial charge in [-0.25, -0.2) is 0 Å². The molecule has 55 heavy (non-hydrogen) atoms. The van der Waals surface area contributed by atoms with Crippen molar-refractivity contribution in [2.24, 2.45) is 0 Å². The van der Waals surface area contributed by atoms with E-state index in [-0.39, 0.29) is 31.1 Å². The van der Waals surface area contributed by atoms with E-state index in [1.807, 2.05) is 0 Å². The molecule has 0 heterocycles. The Hall–Kier alpha value is -2.63. The van der Waals surface area contributed by atoms with Crippen LogP contribution in [0.3, 0.4) is 0 Å². The van der Waals surface area contributed by atoms with Gasteiger partial charge in [0.05, 0.1) is 0 Å². The summed E-state index contributed by atoms with van der Waals surface area (Å²) in [6.07, 6.45) is 50.9. The van der Waals surface area contributed by atoms with Crippen molar-refractivity contribution in [3.05, 3.63) is 48.6 Å². The Kier molecular flexibility index (Phi) is 42.0. The fraction of sp³-hybridized carbons (Fsp3) is 0.776. The van der Waals surface area contributed by atoms with E-state index in [2.05, 4.69) is 69.4 Å². The summed E-state index contributed by atoms with van der Waals surface area (Å²) in [5, 5.41) is 0. The van der Waals surface area contributed by atoms with E-state index in [4.69, 9.17) is 14.2 Å². The van der Waals surface area contributed by atoms with E-state index >= 15 is 0 Å². The lowest BCUT2D eigenvalue weighted by Gasteiger charge is -2.18. The summed E-state index contributed by atoms with van der Waals surface area (Å²) in [5.74, 6) is -0.912. The van der Waals surface area contributed by atoms with Gasteiger partial charge in [0.25, 0.3) is 0 Å². The summed E-state index contributed by atoms with van der Waals surface area (Å²) in [7, 11) is 0. The van der Waals surface area contributed by atoms with Crippen LogP contribution in [0.25, 0.3) is 0 Å². The smallest absolute Gasteiger partial charge is 0.306 e. The normalized spacial score (nSPS) is 12.4. The van der Waals surface area contributed by atoms with E-state index in [1.165, 1.54) is 89.9 Å². The number of hydrogen-bond acceptors (Lipinski definition) is 6. The highest BCUT2D eigenvalue weighted by Crippen LogP contribution is 2.14. The molecule has 0 aliphatic heterocycles. The van der Waals surface area contributed by atoms with E-state index in [0.29, 0.717) is 19.3 Å². The van der Waals surface area contributed by atoms with Crippen LogP contribution in [0, 0.1) is 0 Å². The molecule has 0 aromatic rings. The summed E-state index contributed by atoms with van der Waals surface area (Å²) in [6, 6.07) is 0. The van der Waals surface area contributed by atoms with Crippen molar-refractivity contribution in [3.8, 4) is 0 Å². The quantitative estimate of drug-likeness (QED) is 0.0202. The highest BCUT2D eigenvalue weighted by atomic mass is 16.6. The minimum Gasteiger partial charge on any atom is -0.462 e. The van der Waals surface area contributed by atoms with Crippen molar-refractivity contribution in [3.63, 3.8) is 0 Å². The van der Waals surface area contributed by atoms with Gasteiger partial charge in [-0.1, -0.05) is 191 Å². The zero-order valence-electron chi connectivity index (χ0n) is 36.2. The zero-order chi connectivity index (χ0) is 40.1. The summed E-state index contributed by atoms with van der Waals surface area (Å²) in [4.78, 5) is 37.7. The summed E-state index contributed by atoms with van der Waals surface area (Å²) in [5.41, 5.74) is 0. The fourth-order valence-corrected chi connectivity index (χ4v) is 6.38. The molecule has 0 aliphatic carbocycles. The molecule has 0 amide bonds. The number of hydrogen-bond donors (Lipinski definition) is 0. The van der Waals surface area contributed by atoms with Crippen LogP contribution < -0.4 is 0 Å². The number of allylic oxidation sites excluding steroid dienone is 8. The third-order valence-electron chi connectivity index (χ3n) is 9.88. The molecular weight excluding hydrogens is 685 g/mol. The second kappa shape index (κ2) is 44.1. The Balaban J connectivity index is 4.41. The molecule has 0 radical (unpaired) electrons. The van der Waals surface area contributed by atoms with Gasteiger partial charge < -0.3 is 14.2 Å². The van der Waals surface area contributed by atoms with Crippen molar-refractivity contribution in [1.82, 2.24) is 0 Å². The van der Waals surface area contributed by atoms with E-state index in [0.717, 1.165) is 96.3 Å². The fourth-order valence-electron chi connectivity index (χ4n) is 6.38. The van der Waals surface area contributed by atoms with Crippen molar-refractivity contribution in [2.45, 2.75) is 232 Å². The Morgan fingerprint density at radius 2 is 0.727 bits per heavy atom. The summed E-state index contributed by atoms with van der Waals surface area (Å²) in [6.45, 7) is 6.45. The Labute approximate surface area is 339 Å². The number of unbranched alkanes of at least 4 members (excludes halogenated alkanes) is 24. The van der Waals surface area contributed by atoms with Crippen molar-refractivity contribution in [1.29, 1.82) is 0 Å². The molecule has 0 aromatic carbocycles. The number of rotatable bonds is 41. The number of esters is 3. The molecule has 6 nitrogen and oxygen atoms in total. The molecule has 0 aromatic heterocycles. The first-order chi connectivity index (χ1) is 27.0. The SMILES string of the molecule is CC\C=C/C=C\C=C/CCCCCCCC(=O)OCC(COC(=O)CCCCCCCCCCCCCC)OC(=O)CCCCCCC/C=C\CCCCC.